The van der Waals surface area contributed by atoms with Crippen LogP contribution >= 0.6 is 0 Å². The molecule has 6 nitrogen and oxygen atoms in total. The van der Waals surface area contributed by atoms with Gasteiger partial charge in [-0.05, 0) is 26.2 Å². The number of aliphatic hydroxyl groups is 1. The van der Waals surface area contributed by atoms with E-state index >= 15 is 0 Å². The molecule has 6 heteroatoms. The van der Waals surface area contributed by atoms with Gasteiger partial charge in [0, 0.05) is 25.2 Å². The lowest BCUT2D eigenvalue weighted by Crippen LogP contribution is -2.40. The van der Waals surface area contributed by atoms with Crippen molar-refractivity contribution in [3.05, 3.63) is 11.3 Å². The standard InChI is InChI=1S/C19H30N2O4/c1-6-8-14(20-24-7-2)18-16(22)9-13(10-17(18)23)19(5)11-15(12(3)4)21-25-19/h12-13,22H,6-11H2,1-5H3/b20-14+. The van der Waals surface area contributed by atoms with Crippen LogP contribution in [0.15, 0.2) is 21.6 Å². The number of aliphatic hydroxyl groups excluding tert-OH is 1. The normalized spacial score (nSPS) is 27.6. The van der Waals surface area contributed by atoms with Crippen molar-refractivity contribution in [1.82, 2.24) is 0 Å². The fraction of sp³-hybridized carbons (Fsp3) is 0.737. The maximum atomic E-state index is 12.8. The van der Waals surface area contributed by atoms with Crippen LogP contribution in [0.2, 0.25) is 0 Å². The van der Waals surface area contributed by atoms with Crippen LogP contribution in [-0.4, -0.2) is 34.5 Å². The number of allylic oxidation sites excluding steroid dienone is 2. The number of ketones is 1. The van der Waals surface area contributed by atoms with Crippen molar-refractivity contribution in [2.24, 2.45) is 22.1 Å². The highest BCUT2D eigenvalue weighted by molar-refractivity contribution is 6.23. The molecule has 0 fully saturated rings. The van der Waals surface area contributed by atoms with E-state index in [4.69, 9.17) is 9.68 Å². The largest absolute Gasteiger partial charge is 0.511 e. The van der Waals surface area contributed by atoms with Crippen molar-refractivity contribution >= 4 is 17.2 Å². The number of Topliss-reactive ketones (excluding diaryl/α,β-unsaturated/α-hetero) is 1. The summed E-state index contributed by atoms with van der Waals surface area (Å²) < 4.78 is 0. The summed E-state index contributed by atoms with van der Waals surface area (Å²) in [6.07, 6.45) is 2.84. The van der Waals surface area contributed by atoms with E-state index in [2.05, 4.69) is 24.2 Å². The van der Waals surface area contributed by atoms with Crippen LogP contribution in [0.3, 0.4) is 0 Å². The highest BCUT2D eigenvalue weighted by atomic mass is 16.7. The Hall–Kier alpha value is -1.85. The van der Waals surface area contributed by atoms with Crippen molar-refractivity contribution in [3.63, 3.8) is 0 Å². The zero-order valence-corrected chi connectivity index (χ0v) is 16.0. The Morgan fingerprint density at radius 2 is 2.16 bits per heavy atom. The molecule has 2 atom stereocenters. The van der Waals surface area contributed by atoms with Crippen molar-refractivity contribution in [3.8, 4) is 0 Å². The van der Waals surface area contributed by atoms with Gasteiger partial charge in [-0.25, -0.2) is 0 Å². The van der Waals surface area contributed by atoms with Crippen LogP contribution in [0, 0.1) is 11.8 Å². The molecule has 0 aromatic heterocycles. The molecular weight excluding hydrogens is 320 g/mol. The van der Waals surface area contributed by atoms with Gasteiger partial charge in [-0.15, -0.1) is 0 Å². The van der Waals surface area contributed by atoms with E-state index in [1.165, 1.54) is 0 Å². The average molecular weight is 350 g/mol. The molecule has 1 heterocycles. The van der Waals surface area contributed by atoms with E-state index in [9.17, 15) is 9.90 Å². The molecule has 2 rings (SSSR count). The first-order valence-corrected chi connectivity index (χ1v) is 9.21. The number of hydrogen-bond acceptors (Lipinski definition) is 6. The third kappa shape index (κ3) is 4.22. The zero-order valence-electron chi connectivity index (χ0n) is 16.0. The first kappa shape index (κ1) is 19.5. The number of carbonyl (C=O) groups is 1. The Labute approximate surface area is 149 Å². The summed E-state index contributed by atoms with van der Waals surface area (Å²) in [5.74, 6) is 0.216. The van der Waals surface area contributed by atoms with Gasteiger partial charge in [0.1, 0.15) is 18.0 Å². The molecule has 2 unspecified atom stereocenters. The molecule has 0 aromatic carbocycles. The smallest absolute Gasteiger partial charge is 0.168 e. The van der Waals surface area contributed by atoms with Crippen LogP contribution < -0.4 is 0 Å². The third-order valence-electron chi connectivity index (χ3n) is 4.95. The molecule has 1 aliphatic carbocycles. The summed E-state index contributed by atoms with van der Waals surface area (Å²) >= 11 is 0. The van der Waals surface area contributed by atoms with E-state index in [-0.39, 0.29) is 17.5 Å². The van der Waals surface area contributed by atoms with Crippen LogP contribution in [0.4, 0.5) is 0 Å². The van der Waals surface area contributed by atoms with Crippen molar-refractivity contribution in [2.45, 2.75) is 72.3 Å². The topological polar surface area (TPSA) is 80.5 Å². The summed E-state index contributed by atoms with van der Waals surface area (Å²) in [5, 5.41) is 18.8. The Morgan fingerprint density at radius 3 is 2.68 bits per heavy atom. The molecule has 1 N–H and O–H groups in total. The van der Waals surface area contributed by atoms with Gasteiger partial charge in [-0.3, -0.25) is 4.79 Å². The van der Waals surface area contributed by atoms with Gasteiger partial charge >= 0.3 is 0 Å². The fourth-order valence-corrected chi connectivity index (χ4v) is 3.36. The lowest BCUT2D eigenvalue weighted by atomic mass is 9.73. The van der Waals surface area contributed by atoms with Crippen LogP contribution in [-0.2, 0) is 14.5 Å². The molecule has 0 bridgehead atoms. The minimum absolute atomic E-state index is 0.0935. The summed E-state index contributed by atoms with van der Waals surface area (Å²) in [6, 6.07) is 0. The molecule has 25 heavy (non-hydrogen) atoms. The predicted octanol–water partition coefficient (Wildman–Crippen LogP) is 4.16. The average Bonchev–Trinajstić information content (AvgIpc) is 2.96. The van der Waals surface area contributed by atoms with Gasteiger partial charge in [0.15, 0.2) is 5.78 Å². The number of oxime groups is 2. The van der Waals surface area contributed by atoms with E-state index in [0.29, 0.717) is 49.5 Å². The van der Waals surface area contributed by atoms with Gasteiger partial charge in [-0.2, -0.15) is 0 Å². The summed E-state index contributed by atoms with van der Waals surface area (Å²) in [6.45, 7) is 10.4. The highest BCUT2D eigenvalue weighted by Gasteiger charge is 2.46. The van der Waals surface area contributed by atoms with Gasteiger partial charge in [0.25, 0.3) is 0 Å². The molecule has 1 aliphatic heterocycles. The maximum Gasteiger partial charge on any atom is 0.168 e. The molecular formula is C19H30N2O4. The fourth-order valence-electron chi connectivity index (χ4n) is 3.36. The lowest BCUT2D eigenvalue weighted by Gasteiger charge is -2.34. The minimum Gasteiger partial charge on any atom is -0.511 e. The Bertz CT molecular complexity index is 607. The molecule has 0 aromatic rings. The van der Waals surface area contributed by atoms with Gasteiger partial charge in [0.05, 0.1) is 17.0 Å². The van der Waals surface area contributed by atoms with Crippen LogP contribution in [0.1, 0.15) is 66.7 Å². The Morgan fingerprint density at radius 1 is 1.44 bits per heavy atom. The second-order valence-electron chi connectivity index (χ2n) is 7.37. The predicted molar refractivity (Wildman–Crippen MR) is 97.7 cm³/mol. The van der Waals surface area contributed by atoms with Gasteiger partial charge in [0.2, 0.25) is 0 Å². The minimum atomic E-state index is -0.545. The van der Waals surface area contributed by atoms with Gasteiger partial charge in [-0.1, -0.05) is 37.5 Å². The summed E-state index contributed by atoms with van der Waals surface area (Å²) in [4.78, 5) is 23.6. The van der Waals surface area contributed by atoms with Crippen molar-refractivity contribution in [2.75, 3.05) is 6.61 Å². The zero-order chi connectivity index (χ0) is 18.6. The van der Waals surface area contributed by atoms with Crippen molar-refractivity contribution < 1.29 is 19.6 Å². The van der Waals surface area contributed by atoms with E-state index in [1.807, 2.05) is 20.8 Å². The second-order valence-corrected chi connectivity index (χ2v) is 7.37. The number of nitrogens with zero attached hydrogens (tertiary/aromatic N) is 2. The number of carbonyl (C=O) groups excluding carboxylic acids is 1. The highest BCUT2D eigenvalue weighted by Crippen LogP contribution is 2.41. The molecule has 140 valence electrons. The summed E-state index contributed by atoms with van der Waals surface area (Å²) in [5.41, 5.74) is 1.34. The molecule has 0 radical (unpaired) electrons. The summed E-state index contributed by atoms with van der Waals surface area (Å²) in [7, 11) is 0. The first-order valence-electron chi connectivity index (χ1n) is 9.21. The number of hydrogen-bond donors (Lipinski definition) is 1. The van der Waals surface area contributed by atoms with E-state index in [1.54, 1.807) is 0 Å². The third-order valence-corrected chi connectivity index (χ3v) is 4.95. The van der Waals surface area contributed by atoms with E-state index in [0.717, 1.165) is 12.1 Å². The monoisotopic (exact) mass is 350 g/mol. The SMILES string of the molecule is CCC/C(=N\OCC)C1=C(O)CC(C2(C)CC(C(C)C)=NO2)CC1=O. The quantitative estimate of drug-likeness (QED) is 0.552. The molecule has 2 aliphatic rings. The Kier molecular flexibility index (Phi) is 6.25. The lowest BCUT2D eigenvalue weighted by molar-refractivity contribution is -0.121. The van der Waals surface area contributed by atoms with Crippen LogP contribution in [0.25, 0.3) is 0 Å². The second kappa shape index (κ2) is 8.02. The molecule has 0 saturated carbocycles. The van der Waals surface area contributed by atoms with Gasteiger partial charge < -0.3 is 14.8 Å². The Balaban J connectivity index is 2.21. The van der Waals surface area contributed by atoms with Crippen LogP contribution in [0.5, 0.6) is 0 Å². The molecule has 0 spiro atoms. The maximum absolute atomic E-state index is 12.8. The van der Waals surface area contributed by atoms with Crippen molar-refractivity contribution in [1.29, 1.82) is 0 Å². The first-order chi connectivity index (χ1) is 11.8. The molecule has 0 saturated heterocycles. The number of rotatable bonds is 7. The van der Waals surface area contributed by atoms with E-state index < -0.39 is 5.60 Å². The molecule has 0 amide bonds.